The van der Waals surface area contributed by atoms with Crippen molar-refractivity contribution in [1.29, 1.82) is 0 Å². The van der Waals surface area contributed by atoms with E-state index < -0.39 is 0 Å². The van der Waals surface area contributed by atoms with Crippen LogP contribution in [-0.4, -0.2) is 24.8 Å². The molecule has 0 saturated heterocycles. The van der Waals surface area contributed by atoms with Crippen LogP contribution in [0.2, 0.25) is 0 Å². The van der Waals surface area contributed by atoms with Crippen molar-refractivity contribution in [1.82, 2.24) is 4.57 Å². The van der Waals surface area contributed by atoms with E-state index in [1.54, 1.807) is 7.11 Å². The van der Waals surface area contributed by atoms with Crippen molar-refractivity contribution in [3.63, 3.8) is 0 Å². The van der Waals surface area contributed by atoms with Crippen molar-refractivity contribution in [3.05, 3.63) is 24.5 Å². The van der Waals surface area contributed by atoms with Crippen molar-refractivity contribution in [2.45, 2.75) is 20.0 Å². The Kier molecular flexibility index (Phi) is 3.50. The summed E-state index contributed by atoms with van der Waals surface area (Å²) < 4.78 is 13.9. The van der Waals surface area contributed by atoms with Gasteiger partial charge in [0, 0.05) is 6.07 Å². The molecular weight excluding hydrogens is 232 g/mol. The average molecular weight is 249 g/mol. The van der Waals surface area contributed by atoms with Crippen LogP contribution < -0.4 is 9.30 Å². The first kappa shape index (κ1) is 12.4. The molecule has 18 heavy (non-hydrogen) atoms. The molecule has 2 aromatic rings. The summed E-state index contributed by atoms with van der Waals surface area (Å²) in [6, 6.07) is 5.80. The van der Waals surface area contributed by atoms with Crippen molar-refractivity contribution in [2.75, 3.05) is 14.2 Å². The molecular formula is C13H17N2O3+. The Labute approximate surface area is 106 Å². The lowest BCUT2D eigenvalue weighted by atomic mass is 10.3. The van der Waals surface area contributed by atoms with Gasteiger partial charge in [-0.05, 0) is 19.1 Å². The van der Waals surface area contributed by atoms with Gasteiger partial charge < -0.3 is 9.47 Å². The molecule has 1 heterocycles. The lowest BCUT2D eigenvalue weighted by Crippen LogP contribution is -2.37. The Morgan fingerprint density at radius 2 is 2.17 bits per heavy atom. The van der Waals surface area contributed by atoms with Gasteiger partial charge in [-0.25, -0.2) is 13.9 Å². The molecule has 0 fully saturated rings. The monoisotopic (exact) mass is 249 g/mol. The number of methoxy groups -OCH3 is 2. The standard InChI is InChI=1S/C13H17N2O3/c1-4-14-9-15(8-13(16)18-3)11-6-5-10(17-2)7-12(11)14/h5-7,9H,4,8H2,1-3H3/q+1. The number of aromatic nitrogens is 2. The molecule has 5 nitrogen and oxygen atoms in total. The number of hydrogen-bond acceptors (Lipinski definition) is 3. The van der Waals surface area contributed by atoms with E-state index in [2.05, 4.69) is 11.5 Å². The van der Waals surface area contributed by atoms with Crippen molar-refractivity contribution < 1.29 is 18.8 Å². The second kappa shape index (κ2) is 5.08. The van der Waals surface area contributed by atoms with Gasteiger partial charge >= 0.3 is 5.97 Å². The Morgan fingerprint density at radius 1 is 1.39 bits per heavy atom. The Balaban J connectivity index is 2.51. The molecule has 0 aliphatic rings. The number of imidazole rings is 1. The zero-order chi connectivity index (χ0) is 13.1. The zero-order valence-corrected chi connectivity index (χ0v) is 10.8. The predicted molar refractivity (Wildman–Crippen MR) is 66.4 cm³/mol. The van der Waals surface area contributed by atoms with Crippen LogP contribution in [0.15, 0.2) is 24.5 Å². The molecule has 0 unspecified atom stereocenters. The third-order valence-electron chi connectivity index (χ3n) is 2.95. The van der Waals surface area contributed by atoms with Gasteiger partial charge in [0.15, 0.2) is 17.6 Å². The van der Waals surface area contributed by atoms with E-state index in [1.165, 1.54) is 7.11 Å². The quantitative estimate of drug-likeness (QED) is 0.602. The van der Waals surface area contributed by atoms with E-state index in [4.69, 9.17) is 9.47 Å². The number of hydrogen-bond donors (Lipinski definition) is 0. The van der Waals surface area contributed by atoms with Crippen LogP contribution in [0, 0.1) is 0 Å². The summed E-state index contributed by atoms with van der Waals surface area (Å²) in [5.41, 5.74) is 2.03. The maximum Gasteiger partial charge on any atom is 0.348 e. The van der Waals surface area contributed by atoms with E-state index in [0.29, 0.717) is 0 Å². The third-order valence-corrected chi connectivity index (χ3v) is 2.95. The second-order valence-corrected chi connectivity index (χ2v) is 3.96. The minimum atomic E-state index is -0.258. The summed E-state index contributed by atoms with van der Waals surface area (Å²) in [5, 5.41) is 0. The zero-order valence-electron chi connectivity index (χ0n) is 10.8. The fourth-order valence-corrected chi connectivity index (χ4v) is 1.98. The number of carbonyl (C=O) groups is 1. The number of nitrogens with zero attached hydrogens (tertiary/aromatic N) is 2. The molecule has 2 rings (SSSR count). The second-order valence-electron chi connectivity index (χ2n) is 3.96. The summed E-state index contributed by atoms with van der Waals surface area (Å²) in [6.07, 6.45) is 1.92. The maximum absolute atomic E-state index is 11.4. The first-order valence-electron chi connectivity index (χ1n) is 5.82. The summed E-state index contributed by atoms with van der Waals surface area (Å²) in [7, 11) is 3.04. The van der Waals surface area contributed by atoms with E-state index in [1.807, 2.05) is 29.1 Å². The molecule has 0 amide bonds. The molecule has 0 N–H and O–H groups in total. The van der Waals surface area contributed by atoms with Crippen LogP contribution in [-0.2, 0) is 22.6 Å². The summed E-state index contributed by atoms with van der Waals surface area (Å²) in [4.78, 5) is 11.4. The topological polar surface area (TPSA) is 44.3 Å². The number of ether oxygens (including phenoxy) is 2. The number of carbonyl (C=O) groups excluding carboxylic acids is 1. The lowest BCUT2D eigenvalue weighted by Gasteiger charge is -1.99. The Morgan fingerprint density at radius 3 is 2.78 bits per heavy atom. The molecule has 1 aromatic carbocycles. The molecule has 96 valence electrons. The van der Waals surface area contributed by atoms with E-state index in [0.717, 1.165) is 23.3 Å². The number of esters is 1. The fourth-order valence-electron chi connectivity index (χ4n) is 1.98. The van der Waals surface area contributed by atoms with Crippen LogP contribution in [0.5, 0.6) is 5.75 Å². The van der Waals surface area contributed by atoms with Crippen LogP contribution in [0.1, 0.15) is 6.92 Å². The van der Waals surface area contributed by atoms with Gasteiger partial charge in [0.05, 0.1) is 20.8 Å². The molecule has 0 saturated carbocycles. The van der Waals surface area contributed by atoms with Crippen molar-refractivity contribution in [2.24, 2.45) is 0 Å². The highest BCUT2D eigenvalue weighted by Crippen LogP contribution is 2.18. The molecule has 1 aromatic heterocycles. The SMILES string of the molecule is CCn1c[n+](CC(=O)OC)c2ccc(OC)cc21. The highest BCUT2D eigenvalue weighted by molar-refractivity contribution is 5.75. The molecule has 0 bridgehead atoms. The number of fused-ring (bicyclic) bond motifs is 1. The van der Waals surface area contributed by atoms with Crippen LogP contribution in [0.3, 0.4) is 0 Å². The van der Waals surface area contributed by atoms with Gasteiger partial charge in [-0.1, -0.05) is 0 Å². The third kappa shape index (κ3) is 2.16. The van der Waals surface area contributed by atoms with Crippen LogP contribution in [0.4, 0.5) is 0 Å². The van der Waals surface area contributed by atoms with Gasteiger partial charge in [-0.15, -0.1) is 0 Å². The Hall–Kier alpha value is -2.04. The highest BCUT2D eigenvalue weighted by atomic mass is 16.5. The number of aryl methyl sites for hydroxylation is 1. The number of benzene rings is 1. The van der Waals surface area contributed by atoms with Gasteiger partial charge in [0.2, 0.25) is 6.33 Å². The normalized spacial score (nSPS) is 10.6. The molecule has 0 radical (unpaired) electrons. The van der Waals surface area contributed by atoms with E-state index in [-0.39, 0.29) is 12.5 Å². The minimum Gasteiger partial charge on any atom is -0.497 e. The predicted octanol–water partition coefficient (Wildman–Crippen LogP) is 1.13. The van der Waals surface area contributed by atoms with Crippen molar-refractivity contribution in [3.8, 4) is 5.75 Å². The summed E-state index contributed by atoms with van der Waals surface area (Å²) in [6.45, 7) is 3.10. The number of rotatable bonds is 4. The summed E-state index contributed by atoms with van der Waals surface area (Å²) >= 11 is 0. The lowest BCUT2D eigenvalue weighted by molar-refractivity contribution is -0.660. The smallest absolute Gasteiger partial charge is 0.348 e. The first-order valence-corrected chi connectivity index (χ1v) is 5.82. The Bertz CT molecular complexity index is 575. The molecule has 0 atom stereocenters. The first-order chi connectivity index (χ1) is 8.69. The largest absolute Gasteiger partial charge is 0.497 e. The summed E-state index contributed by atoms with van der Waals surface area (Å²) in [5.74, 6) is 0.548. The minimum absolute atomic E-state index is 0.215. The average Bonchev–Trinajstić information content (AvgIpc) is 2.75. The van der Waals surface area contributed by atoms with Crippen molar-refractivity contribution >= 4 is 17.0 Å². The fraction of sp³-hybridized carbons (Fsp3) is 0.385. The van der Waals surface area contributed by atoms with Crippen LogP contribution in [0.25, 0.3) is 11.0 Å². The molecule has 0 spiro atoms. The van der Waals surface area contributed by atoms with Gasteiger partial charge in [-0.3, -0.25) is 0 Å². The van der Waals surface area contributed by atoms with Crippen LogP contribution >= 0.6 is 0 Å². The molecule has 5 heteroatoms. The highest BCUT2D eigenvalue weighted by Gasteiger charge is 2.17. The molecule has 0 aliphatic carbocycles. The van der Waals surface area contributed by atoms with Gasteiger partial charge in [-0.2, -0.15) is 0 Å². The molecule has 0 aliphatic heterocycles. The van der Waals surface area contributed by atoms with Gasteiger partial charge in [0.25, 0.3) is 0 Å². The van der Waals surface area contributed by atoms with E-state index >= 15 is 0 Å². The van der Waals surface area contributed by atoms with E-state index in [9.17, 15) is 4.79 Å². The maximum atomic E-state index is 11.4. The van der Waals surface area contributed by atoms with Gasteiger partial charge in [0.1, 0.15) is 5.75 Å².